The Labute approximate surface area is 151 Å². The number of carbonyl (C=O) groups is 3. The number of fused-ring (bicyclic) bond motifs is 1. The summed E-state index contributed by atoms with van der Waals surface area (Å²) in [6, 6.07) is 8.02. The van der Waals surface area contributed by atoms with Crippen molar-refractivity contribution in [3.05, 3.63) is 42.2 Å². The maximum Gasteiger partial charge on any atom is 0.410 e. The van der Waals surface area contributed by atoms with E-state index in [-0.39, 0.29) is 6.61 Å². The Morgan fingerprint density at radius 2 is 1.69 bits per heavy atom. The minimum Gasteiger partial charge on any atom is -0.449 e. The normalized spacial score (nSPS) is 10.5. The van der Waals surface area contributed by atoms with Gasteiger partial charge in [0, 0.05) is 17.8 Å². The fourth-order valence-electron chi connectivity index (χ4n) is 2.61. The number of aryl methyl sites for hydroxylation is 1. The Morgan fingerprint density at radius 1 is 1.00 bits per heavy atom. The third-order valence-electron chi connectivity index (χ3n) is 3.77. The SMILES string of the molecule is NC(=O)CN(CC(N)=O)C(=O)OCCCCc1cncc2ccccc12. The van der Waals surface area contributed by atoms with Crippen LogP contribution in [0.1, 0.15) is 18.4 Å². The second kappa shape index (κ2) is 9.36. The highest BCUT2D eigenvalue weighted by atomic mass is 16.6. The van der Waals surface area contributed by atoms with Gasteiger partial charge in [-0.1, -0.05) is 24.3 Å². The lowest BCUT2D eigenvalue weighted by Crippen LogP contribution is -2.43. The summed E-state index contributed by atoms with van der Waals surface area (Å²) in [5.74, 6) is -1.49. The van der Waals surface area contributed by atoms with Crippen molar-refractivity contribution in [2.24, 2.45) is 11.5 Å². The molecule has 4 N–H and O–H groups in total. The van der Waals surface area contributed by atoms with Crippen LogP contribution >= 0.6 is 0 Å². The quantitative estimate of drug-likeness (QED) is 0.645. The average molecular weight is 358 g/mol. The minimum atomic E-state index is -0.783. The number of benzene rings is 1. The highest BCUT2D eigenvalue weighted by Gasteiger charge is 2.19. The highest BCUT2D eigenvalue weighted by molar-refractivity contribution is 5.85. The maximum atomic E-state index is 11.9. The number of hydrogen-bond donors (Lipinski definition) is 2. The fraction of sp³-hybridized carbons (Fsp3) is 0.333. The molecular formula is C18H22N4O4. The summed E-state index contributed by atoms with van der Waals surface area (Å²) in [5.41, 5.74) is 11.2. The zero-order valence-electron chi connectivity index (χ0n) is 14.4. The number of nitrogens with two attached hydrogens (primary N) is 2. The Hall–Kier alpha value is -3.16. The molecule has 1 heterocycles. The molecule has 0 unspecified atom stereocenters. The van der Waals surface area contributed by atoms with Crippen molar-refractivity contribution < 1.29 is 19.1 Å². The number of hydrogen-bond acceptors (Lipinski definition) is 5. The Bertz CT molecular complexity index is 772. The zero-order chi connectivity index (χ0) is 18.9. The van der Waals surface area contributed by atoms with Gasteiger partial charge in [-0.2, -0.15) is 0 Å². The molecule has 26 heavy (non-hydrogen) atoms. The molecule has 8 nitrogen and oxygen atoms in total. The molecule has 2 rings (SSSR count). The second-order valence-corrected chi connectivity index (χ2v) is 5.88. The van der Waals surface area contributed by atoms with Gasteiger partial charge < -0.3 is 16.2 Å². The summed E-state index contributed by atoms with van der Waals surface area (Å²) in [5, 5.41) is 2.25. The summed E-state index contributed by atoms with van der Waals surface area (Å²) < 4.78 is 5.09. The molecule has 0 spiro atoms. The molecule has 0 fully saturated rings. The molecular weight excluding hydrogens is 336 g/mol. The molecule has 1 aromatic heterocycles. The van der Waals surface area contributed by atoms with Crippen molar-refractivity contribution in [1.82, 2.24) is 9.88 Å². The van der Waals surface area contributed by atoms with Crippen LogP contribution in [0.2, 0.25) is 0 Å². The van der Waals surface area contributed by atoms with Gasteiger partial charge in [-0.05, 0) is 30.2 Å². The lowest BCUT2D eigenvalue weighted by Gasteiger charge is -2.18. The number of aromatic nitrogens is 1. The number of primary amides is 2. The van der Waals surface area contributed by atoms with E-state index >= 15 is 0 Å². The van der Waals surface area contributed by atoms with Crippen LogP contribution in [0.4, 0.5) is 4.79 Å². The second-order valence-electron chi connectivity index (χ2n) is 5.88. The van der Waals surface area contributed by atoms with Crippen molar-refractivity contribution in [2.45, 2.75) is 19.3 Å². The minimum absolute atomic E-state index is 0.172. The van der Waals surface area contributed by atoms with E-state index in [1.165, 1.54) is 0 Å². The van der Waals surface area contributed by atoms with Crippen LogP contribution in [0.15, 0.2) is 36.7 Å². The fourth-order valence-corrected chi connectivity index (χ4v) is 2.61. The lowest BCUT2D eigenvalue weighted by molar-refractivity contribution is -0.121. The van der Waals surface area contributed by atoms with Gasteiger partial charge >= 0.3 is 6.09 Å². The highest BCUT2D eigenvalue weighted by Crippen LogP contribution is 2.18. The van der Waals surface area contributed by atoms with E-state index in [9.17, 15) is 14.4 Å². The summed E-state index contributed by atoms with van der Waals surface area (Å²) in [6.45, 7) is -0.655. The molecule has 0 radical (unpaired) electrons. The smallest absolute Gasteiger partial charge is 0.410 e. The number of unbranched alkanes of at least 4 members (excludes halogenated alkanes) is 1. The third-order valence-corrected chi connectivity index (χ3v) is 3.77. The van der Waals surface area contributed by atoms with Crippen LogP contribution in [-0.4, -0.2) is 47.5 Å². The van der Waals surface area contributed by atoms with E-state index in [1.807, 2.05) is 30.6 Å². The van der Waals surface area contributed by atoms with Crippen LogP contribution in [-0.2, 0) is 20.7 Å². The predicted octanol–water partition coefficient (Wildman–Crippen LogP) is 0.967. The Kier molecular flexibility index (Phi) is 6.90. The van der Waals surface area contributed by atoms with Crippen LogP contribution in [0, 0.1) is 0 Å². The van der Waals surface area contributed by atoms with Crippen molar-refractivity contribution in [3.63, 3.8) is 0 Å². The summed E-state index contributed by atoms with van der Waals surface area (Å²) >= 11 is 0. The molecule has 2 aromatic rings. The number of ether oxygens (including phenoxy) is 1. The van der Waals surface area contributed by atoms with E-state index in [1.54, 1.807) is 0 Å². The number of carbonyl (C=O) groups excluding carboxylic acids is 3. The number of amides is 3. The van der Waals surface area contributed by atoms with Crippen molar-refractivity contribution >= 4 is 28.7 Å². The van der Waals surface area contributed by atoms with E-state index in [2.05, 4.69) is 11.1 Å². The van der Waals surface area contributed by atoms with Gasteiger partial charge in [0.2, 0.25) is 11.8 Å². The molecule has 0 atom stereocenters. The van der Waals surface area contributed by atoms with Crippen LogP contribution in [0.25, 0.3) is 10.8 Å². The van der Waals surface area contributed by atoms with Crippen molar-refractivity contribution in [1.29, 1.82) is 0 Å². The van der Waals surface area contributed by atoms with Gasteiger partial charge in [-0.15, -0.1) is 0 Å². The topological polar surface area (TPSA) is 129 Å². The molecule has 0 aliphatic carbocycles. The number of nitrogens with zero attached hydrogens (tertiary/aromatic N) is 2. The van der Waals surface area contributed by atoms with Crippen molar-refractivity contribution in [2.75, 3.05) is 19.7 Å². The summed E-state index contributed by atoms with van der Waals surface area (Å²) in [6.07, 6.45) is 5.13. The number of pyridine rings is 1. The monoisotopic (exact) mass is 358 g/mol. The van der Waals surface area contributed by atoms with E-state index < -0.39 is 31.0 Å². The molecule has 0 saturated carbocycles. The first-order valence-electron chi connectivity index (χ1n) is 8.27. The molecule has 3 amide bonds. The first-order valence-corrected chi connectivity index (χ1v) is 8.27. The standard InChI is InChI=1S/C18H22N4O4/c19-16(23)11-22(12-17(20)24)18(25)26-8-4-3-6-14-10-21-9-13-5-1-2-7-15(13)14/h1-2,5,7,9-10H,3-4,6,8,11-12H2,(H2,19,23)(H2,20,24). The third kappa shape index (κ3) is 5.73. The molecule has 8 heteroatoms. The molecule has 0 saturated heterocycles. The molecule has 1 aromatic carbocycles. The Morgan fingerprint density at radius 3 is 2.38 bits per heavy atom. The molecule has 0 aliphatic heterocycles. The Balaban J connectivity index is 1.79. The van der Waals surface area contributed by atoms with E-state index in [4.69, 9.17) is 16.2 Å². The summed E-state index contributed by atoms with van der Waals surface area (Å²) in [4.78, 5) is 38.9. The first-order chi connectivity index (χ1) is 12.5. The largest absolute Gasteiger partial charge is 0.449 e. The van der Waals surface area contributed by atoms with Gasteiger partial charge in [-0.3, -0.25) is 19.5 Å². The first kappa shape index (κ1) is 19.2. The maximum absolute atomic E-state index is 11.9. The lowest BCUT2D eigenvalue weighted by atomic mass is 10.0. The van der Waals surface area contributed by atoms with Crippen molar-refractivity contribution in [3.8, 4) is 0 Å². The predicted molar refractivity (Wildman–Crippen MR) is 96.0 cm³/mol. The number of rotatable bonds is 9. The molecule has 138 valence electrons. The van der Waals surface area contributed by atoms with Gasteiger partial charge in [0.15, 0.2) is 0 Å². The van der Waals surface area contributed by atoms with Crippen LogP contribution in [0.5, 0.6) is 0 Å². The van der Waals surface area contributed by atoms with Gasteiger partial charge in [0.1, 0.15) is 13.1 Å². The average Bonchev–Trinajstić information content (AvgIpc) is 2.60. The van der Waals surface area contributed by atoms with Gasteiger partial charge in [0.25, 0.3) is 0 Å². The van der Waals surface area contributed by atoms with E-state index in [0.29, 0.717) is 6.42 Å². The zero-order valence-corrected chi connectivity index (χ0v) is 14.4. The van der Waals surface area contributed by atoms with E-state index in [0.717, 1.165) is 34.1 Å². The van der Waals surface area contributed by atoms with Gasteiger partial charge in [-0.25, -0.2) is 4.79 Å². The van der Waals surface area contributed by atoms with Crippen LogP contribution < -0.4 is 11.5 Å². The van der Waals surface area contributed by atoms with Gasteiger partial charge in [0.05, 0.1) is 6.61 Å². The molecule has 0 bridgehead atoms. The molecule has 0 aliphatic rings. The van der Waals surface area contributed by atoms with Crippen LogP contribution in [0.3, 0.4) is 0 Å². The summed E-state index contributed by atoms with van der Waals surface area (Å²) in [7, 11) is 0.